The third kappa shape index (κ3) is 3.49. The number of carbonyl (C=O) groups is 1. The standard InChI is InChI=1S/C22H25BrN4O/c23-17-7-8-18(24-11-17)12-25-13-19-10-20(14-25)27(19)15-22(28)26-9-3-5-16-4-1-2-6-21(16)26/h1-2,4,6-8,11,19-20H,3,5,9-10,12-15H2. The van der Waals surface area contributed by atoms with Gasteiger partial charge in [-0.15, -0.1) is 0 Å². The van der Waals surface area contributed by atoms with Gasteiger partial charge in [0.1, 0.15) is 0 Å². The van der Waals surface area contributed by atoms with E-state index < -0.39 is 0 Å². The van der Waals surface area contributed by atoms with Gasteiger partial charge in [-0.1, -0.05) is 18.2 Å². The summed E-state index contributed by atoms with van der Waals surface area (Å²) >= 11 is 3.44. The molecule has 3 fully saturated rings. The van der Waals surface area contributed by atoms with Crippen molar-refractivity contribution in [2.24, 2.45) is 0 Å². The number of piperazine rings is 1. The molecule has 2 bridgehead atoms. The second-order valence-corrected chi connectivity index (χ2v) is 9.07. The van der Waals surface area contributed by atoms with Gasteiger partial charge in [0, 0.05) is 54.6 Å². The molecule has 0 radical (unpaired) electrons. The second kappa shape index (κ2) is 7.58. The third-order valence-corrected chi connectivity index (χ3v) is 6.79. The maximum absolute atomic E-state index is 13.1. The number of hydrogen-bond acceptors (Lipinski definition) is 4. The molecule has 0 saturated carbocycles. The number of halogens is 1. The Balaban J connectivity index is 1.20. The molecule has 6 rings (SSSR count). The van der Waals surface area contributed by atoms with Crippen molar-refractivity contribution in [3.05, 3.63) is 58.3 Å². The zero-order valence-corrected chi connectivity index (χ0v) is 17.5. The van der Waals surface area contributed by atoms with Gasteiger partial charge in [-0.2, -0.15) is 0 Å². The first-order valence-electron chi connectivity index (χ1n) is 10.1. The Hall–Kier alpha value is -1.76. The number of nitrogens with zero attached hydrogens (tertiary/aromatic N) is 4. The minimum absolute atomic E-state index is 0.255. The summed E-state index contributed by atoms with van der Waals surface area (Å²) in [6.45, 7) is 4.34. The lowest BCUT2D eigenvalue weighted by atomic mass is 9.87. The van der Waals surface area contributed by atoms with E-state index in [2.05, 4.69) is 61.0 Å². The maximum Gasteiger partial charge on any atom is 0.241 e. The number of para-hydroxylation sites is 1. The van der Waals surface area contributed by atoms with Crippen molar-refractivity contribution in [3.8, 4) is 0 Å². The molecule has 0 spiro atoms. The minimum Gasteiger partial charge on any atom is -0.311 e. The number of aryl methyl sites for hydroxylation is 1. The highest BCUT2D eigenvalue weighted by Gasteiger charge is 2.45. The summed E-state index contributed by atoms with van der Waals surface area (Å²) in [7, 11) is 0. The van der Waals surface area contributed by atoms with Crippen molar-refractivity contribution < 1.29 is 4.79 Å². The highest BCUT2D eigenvalue weighted by molar-refractivity contribution is 9.10. The van der Waals surface area contributed by atoms with Gasteiger partial charge in [-0.3, -0.25) is 19.6 Å². The summed E-state index contributed by atoms with van der Waals surface area (Å²) in [6.07, 6.45) is 5.22. The molecule has 4 aliphatic rings. The van der Waals surface area contributed by atoms with Crippen LogP contribution in [0.3, 0.4) is 0 Å². The Morgan fingerprint density at radius 1 is 1.14 bits per heavy atom. The molecule has 2 unspecified atom stereocenters. The van der Waals surface area contributed by atoms with E-state index in [4.69, 9.17) is 0 Å². The number of fused-ring (bicyclic) bond motifs is 3. The molecule has 1 amide bonds. The quantitative estimate of drug-likeness (QED) is 0.732. The van der Waals surface area contributed by atoms with E-state index >= 15 is 0 Å². The number of benzene rings is 1. The first-order chi connectivity index (χ1) is 13.7. The molecular formula is C22H25BrN4O. The van der Waals surface area contributed by atoms with E-state index in [0.717, 1.165) is 54.9 Å². The van der Waals surface area contributed by atoms with Crippen molar-refractivity contribution in [2.75, 3.05) is 31.1 Å². The molecule has 146 valence electrons. The predicted octanol–water partition coefficient (Wildman–Crippen LogP) is 3.08. The molecule has 2 aromatic rings. The van der Waals surface area contributed by atoms with Crippen molar-refractivity contribution in [1.82, 2.24) is 14.8 Å². The first-order valence-corrected chi connectivity index (χ1v) is 10.9. The van der Waals surface area contributed by atoms with Crippen molar-refractivity contribution >= 4 is 27.5 Å². The SMILES string of the molecule is O=C(CN1C2CC1CN(Cc1ccc(Br)cn1)C2)N1CCCc2ccccc21. The fourth-order valence-corrected chi connectivity index (χ4v) is 5.16. The summed E-state index contributed by atoms with van der Waals surface area (Å²) in [4.78, 5) is 24.5. The van der Waals surface area contributed by atoms with E-state index in [1.807, 2.05) is 17.2 Å². The summed E-state index contributed by atoms with van der Waals surface area (Å²) < 4.78 is 1.02. The number of piperidine rings is 1. The third-order valence-electron chi connectivity index (χ3n) is 6.32. The largest absolute Gasteiger partial charge is 0.311 e. The lowest BCUT2D eigenvalue weighted by molar-refractivity contribution is -0.129. The van der Waals surface area contributed by atoms with Crippen LogP contribution in [0.25, 0.3) is 0 Å². The number of hydrogen-bond donors (Lipinski definition) is 0. The molecule has 1 aromatic carbocycles. The Morgan fingerprint density at radius 3 is 2.75 bits per heavy atom. The van der Waals surface area contributed by atoms with Gasteiger partial charge in [-0.05, 0) is 59.0 Å². The molecule has 0 N–H and O–H groups in total. The molecular weight excluding hydrogens is 416 g/mol. The van der Waals surface area contributed by atoms with Crippen LogP contribution in [0.15, 0.2) is 47.1 Å². The maximum atomic E-state index is 13.1. The number of anilines is 1. The second-order valence-electron chi connectivity index (χ2n) is 8.16. The van der Waals surface area contributed by atoms with Crippen LogP contribution >= 0.6 is 15.9 Å². The molecule has 3 saturated heterocycles. The van der Waals surface area contributed by atoms with Crippen LogP contribution in [0, 0.1) is 0 Å². The lowest BCUT2D eigenvalue weighted by Crippen LogP contribution is -2.69. The topological polar surface area (TPSA) is 39.7 Å². The predicted molar refractivity (Wildman–Crippen MR) is 113 cm³/mol. The van der Waals surface area contributed by atoms with Gasteiger partial charge in [-0.25, -0.2) is 0 Å². The molecule has 0 aliphatic carbocycles. The van der Waals surface area contributed by atoms with Gasteiger partial charge < -0.3 is 4.90 Å². The summed E-state index contributed by atoms with van der Waals surface area (Å²) in [6, 6.07) is 13.5. The van der Waals surface area contributed by atoms with E-state index in [-0.39, 0.29) is 5.91 Å². The van der Waals surface area contributed by atoms with Crippen molar-refractivity contribution in [2.45, 2.75) is 37.9 Å². The highest BCUT2D eigenvalue weighted by Crippen LogP contribution is 2.34. The van der Waals surface area contributed by atoms with Gasteiger partial charge in [0.2, 0.25) is 5.91 Å². The van der Waals surface area contributed by atoms with Crippen LogP contribution in [0.1, 0.15) is 24.1 Å². The smallest absolute Gasteiger partial charge is 0.241 e. The van der Waals surface area contributed by atoms with E-state index in [9.17, 15) is 4.79 Å². The number of aromatic nitrogens is 1. The number of pyridine rings is 1. The normalized spacial score (nSPS) is 24.5. The Morgan fingerprint density at radius 2 is 1.96 bits per heavy atom. The van der Waals surface area contributed by atoms with E-state index in [0.29, 0.717) is 18.6 Å². The lowest BCUT2D eigenvalue weighted by Gasteiger charge is -2.56. The number of carbonyl (C=O) groups excluding carboxylic acids is 1. The van der Waals surface area contributed by atoms with Gasteiger partial charge in [0.05, 0.1) is 12.2 Å². The highest BCUT2D eigenvalue weighted by atomic mass is 79.9. The molecule has 5 nitrogen and oxygen atoms in total. The van der Waals surface area contributed by atoms with Gasteiger partial charge in [0.15, 0.2) is 0 Å². The van der Waals surface area contributed by atoms with Crippen molar-refractivity contribution in [3.63, 3.8) is 0 Å². The average molecular weight is 441 g/mol. The fraction of sp³-hybridized carbons (Fsp3) is 0.455. The molecule has 5 heterocycles. The number of rotatable bonds is 4. The van der Waals surface area contributed by atoms with Gasteiger partial charge in [0.25, 0.3) is 0 Å². The van der Waals surface area contributed by atoms with Crippen LogP contribution < -0.4 is 4.90 Å². The monoisotopic (exact) mass is 440 g/mol. The Kier molecular flexibility index (Phi) is 4.95. The van der Waals surface area contributed by atoms with E-state index in [1.54, 1.807) is 0 Å². The first kappa shape index (κ1) is 18.3. The molecule has 1 aromatic heterocycles. The summed E-state index contributed by atoms with van der Waals surface area (Å²) in [5.41, 5.74) is 3.53. The van der Waals surface area contributed by atoms with E-state index in [1.165, 1.54) is 12.0 Å². The Labute approximate surface area is 174 Å². The molecule has 6 heteroatoms. The zero-order valence-electron chi connectivity index (χ0n) is 15.9. The molecule has 28 heavy (non-hydrogen) atoms. The molecule has 2 atom stereocenters. The summed E-state index contributed by atoms with van der Waals surface area (Å²) in [5, 5.41) is 0. The van der Waals surface area contributed by atoms with Crippen LogP contribution in [-0.2, 0) is 17.8 Å². The van der Waals surface area contributed by atoms with Gasteiger partial charge >= 0.3 is 0 Å². The Bertz CT molecular complexity index is 859. The van der Waals surface area contributed by atoms with Crippen LogP contribution in [0.4, 0.5) is 5.69 Å². The van der Waals surface area contributed by atoms with Crippen LogP contribution in [-0.4, -0.2) is 59.0 Å². The average Bonchev–Trinajstić information content (AvgIpc) is 2.73. The minimum atomic E-state index is 0.255. The molecule has 4 aliphatic heterocycles. The van der Waals surface area contributed by atoms with Crippen LogP contribution in [0.5, 0.6) is 0 Å². The summed E-state index contributed by atoms with van der Waals surface area (Å²) in [5.74, 6) is 0.255. The van der Waals surface area contributed by atoms with Crippen LogP contribution in [0.2, 0.25) is 0 Å². The fourth-order valence-electron chi connectivity index (χ4n) is 4.93. The number of amides is 1. The zero-order chi connectivity index (χ0) is 19.1. The van der Waals surface area contributed by atoms with Crippen molar-refractivity contribution in [1.29, 1.82) is 0 Å².